The van der Waals surface area contributed by atoms with Gasteiger partial charge in [-0.3, -0.25) is 0 Å². The highest BCUT2D eigenvalue weighted by molar-refractivity contribution is 7.90. The molecule has 0 unspecified atom stereocenters. The fourth-order valence-corrected chi connectivity index (χ4v) is 3.49. The van der Waals surface area contributed by atoms with Crippen molar-refractivity contribution in [2.75, 3.05) is 20.0 Å². The van der Waals surface area contributed by atoms with Gasteiger partial charge in [0, 0.05) is 17.9 Å². The Hall–Kier alpha value is -1.74. The number of aromatic nitrogens is 3. The van der Waals surface area contributed by atoms with Crippen LogP contribution in [0.3, 0.4) is 0 Å². The summed E-state index contributed by atoms with van der Waals surface area (Å²) in [5.74, 6) is 0.101. The molecule has 0 aromatic carbocycles. The van der Waals surface area contributed by atoms with E-state index in [0.29, 0.717) is 12.1 Å². The van der Waals surface area contributed by atoms with E-state index in [4.69, 9.17) is 9.47 Å². The first kappa shape index (κ1) is 15.6. The van der Waals surface area contributed by atoms with Gasteiger partial charge >= 0.3 is 6.01 Å². The average Bonchev–Trinajstić information content (AvgIpc) is 2.97. The third kappa shape index (κ3) is 4.64. The molecule has 0 bridgehead atoms. The molecule has 0 saturated carbocycles. The Balaban J connectivity index is 2.08. The van der Waals surface area contributed by atoms with Gasteiger partial charge in [-0.05, 0) is 0 Å². The molecule has 114 valence electrons. The number of thiazole rings is 1. The molecule has 0 amide bonds. The van der Waals surface area contributed by atoms with Crippen LogP contribution in [-0.4, -0.2) is 43.3 Å². The van der Waals surface area contributed by atoms with Crippen LogP contribution in [0.15, 0.2) is 17.0 Å². The number of aryl methyl sites for hydroxylation is 1. The van der Waals surface area contributed by atoms with Crippen LogP contribution in [0.25, 0.3) is 0 Å². The Kier molecular flexibility index (Phi) is 5.07. The van der Waals surface area contributed by atoms with Crippen molar-refractivity contribution in [1.29, 1.82) is 0 Å². The first-order chi connectivity index (χ1) is 10.0. The number of ether oxygens (including phenoxy) is 2. The van der Waals surface area contributed by atoms with Crippen LogP contribution in [0.5, 0.6) is 11.9 Å². The molecule has 0 radical (unpaired) electrons. The lowest BCUT2D eigenvalue weighted by molar-refractivity contribution is 0.350. The van der Waals surface area contributed by atoms with Crippen LogP contribution >= 0.6 is 11.3 Å². The third-order valence-electron chi connectivity index (χ3n) is 2.65. The van der Waals surface area contributed by atoms with E-state index >= 15 is 0 Å². The van der Waals surface area contributed by atoms with Crippen LogP contribution in [0.2, 0.25) is 0 Å². The minimum absolute atomic E-state index is 0.0192. The maximum absolute atomic E-state index is 12.1. The highest BCUT2D eigenvalue weighted by Crippen LogP contribution is 2.16. The molecule has 0 atom stereocenters. The van der Waals surface area contributed by atoms with Crippen LogP contribution in [0.4, 0.5) is 0 Å². The molecule has 0 saturated heterocycles. The molecule has 9 heteroatoms. The fraction of sp³-hybridized carbons (Fsp3) is 0.417. The van der Waals surface area contributed by atoms with Gasteiger partial charge in [-0.2, -0.15) is 9.97 Å². The molecular weight excluding hydrogens is 314 g/mol. The maximum Gasteiger partial charge on any atom is 0.319 e. The highest BCUT2D eigenvalue weighted by Gasteiger charge is 2.16. The number of methoxy groups -OCH3 is 2. The minimum atomic E-state index is -3.30. The normalized spacial score (nSPS) is 11.3. The molecule has 0 aliphatic heterocycles. The number of nitrogens with zero attached hydrogens (tertiary/aromatic N) is 3. The first-order valence-electron chi connectivity index (χ1n) is 6.06. The lowest BCUT2D eigenvalue weighted by Gasteiger charge is -2.07. The van der Waals surface area contributed by atoms with Crippen molar-refractivity contribution in [3.05, 3.63) is 28.3 Å². The van der Waals surface area contributed by atoms with Crippen molar-refractivity contribution >= 4 is 21.2 Å². The van der Waals surface area contributed by atoms with Crippen molar-refractivity contribution in [3.8, 4) is 11.9 Å². The summed E-state index contributed by atoms with van der Waals surface area (Å²) in [6.07, 6.45) is 0.394. The lowest BCUT2D eigenvalue weighted by atomic mass is 10.4. The number of sulfone groups is 1. The summed E-state index contributed by atoms with van der Waals surface area (Å²) < 4.78 is 34.2. The number of hydrogen-bond acceptors (Lipinski definition) is 8. The topological polar surface area (TPSA) is 91.3 Å². The van der Waals surface area contributed by atoms with Crippen molar-refractivity contribution in [2.24, 2.45) is 0 Å². The predicted molar refractivity (Wildman–Crippen MR) is 78.4 cm³/mol. The summed E-state index contributed by atoms with van der Waals surface area (Å²) in [6, 6.07) is 1.57. The zero-order valence-electron chi connectivity index (χ0n) is 11.6. The molecule has 0 fully saturated rings. The van der Waals surface area contributed by atoms with Crippen molar-refractivity contribution < 1.29 is 17.9 Å². The van der Waals surface area contributed by atoms with Gasteiger partial charge in [0.15, 0.2) is 9.84 Å². The molecule has 2 aromatic heterocycles. The van der Waals surface area contributed by atoms with Gasteiger partial charge in [-0.15, -0.1) is 11.3 Å². The van der Waals surface area contributed by atoms with Gasteiger partial charge < -0.3 is 9.47 Å². The zero-order chi connectivity index (χ0) is 15.3. The van der Waals surface area contributed by atoms with Crippen LogP contribution < -0.4 is 9.47 Å². The van der Waals surface area contributed by atoms with E-state index in [1.54, 1.807) is 5.51 Å². The van der Waals surface area contributed by atoms with E-state index < -0.39 is 9.84 Å². The van der Waals surface area contributed by atoms with Crippen LogP contribution in [0.1, 0.15) is 11.4 Å². The summed E-state index contributed by atoms with van der Waals surface area (Å²) >= 11 is 1.44. The second-order valence-electron chi connectivity index (χ2n) is 4.21. The standard InChI is InChI=1S/C12H15N3O4S2/c1-18-11-5-10(14-12(15-11)19-2)7-21(16,17)4-3-9-6-20-8-13-9/h5-6,8H,3-4,7H2,1-2H3. The average molecular weight is 329 g/mol. The van der Waals surface area contributed by atoms with Gasteiger partial charge in [0.25, 0.3) is 0 Å². The summed E-state index contributed by atoms with van der Waals surface area (Å²) in [5.41, 5.74) is 2.81. The van der Waals surface area contributed by atoms with E-state index in [9.17, 15) is 8.42 Å². The summed E-state index contributed by atoms with van der Waals surface area (Å²) in [5, 5.41) is 1.84. The van der Waals surface area contributed by atoms with E-state index in [1.807, 2.05) is 5.38 Å². The van der Waals surface area contributed by atoms with Crippen LogP contribution in [0, 0.1) is 0 Å². The van der Waals surface area contributed by atoms with Gasteiger partial charge in [0.1, 0.15) is 0 Å². The molecule has 2 rings (SSSR count). The van der Waals surface area contributed by atoms with Gasteiger partial charge in [-0.25, -0.2) is 13.4 Å². The maximum atomic E-state index is 12.1. The van der Waals surface area contributed by atoms with Gasteiger partial charge in [0.2, 0.25) is 5.88 Å². The lowest BCUT2D eigenvalue weighted by Crippen LogP contribution is -2.13. The molecule has 0 N–H and O–H groups in total. The summed E-state index contributed by atoms with van der Waals surface area (Å²) in [7, 11) is -0.439. The van der Waals surface area contributed by atoms with Gasteiger partial charge in [0.05, 0.1) is 42.6 Å². The predicted octanol–water partition coefficient (Wildman–Crippen LogP) is 1.11. The molecular formula is C12H15N3O4S2. The van der Waals surface area contributed by atoms with E-state index in [-0.39, 0.29) is 23.4 Å². The Labute approximate surface area is 126 Å². The number of hydrogen-bond donors (Lipinski definition) is 0. The molecule has 2 heterocycles. The van der Waals surface area contributed by atoms with Crippen LogP contribution in [-0.2, 0) is 22.0 Å². The minimum Gasteiger partial charge on any atom is -0.481 e. The monoisotopic (exact) mass is 329 g/mol. The second kappa shape index (κ2) is 6.81. The first-order valence-corrected chi connectivity index (χ1v) is 8.82. The Morgan fingerprint density at radius 3 is 2.62 bits per heavy atom. The number of rotatable bonds is 7. The SMILES string of the molecule is COc1cc(CS(=O)(=O)CCc2cscn2)nc(OC)n1. The summed E-state index contributed by atoms with van der Waals surface area (Å²) in [4.78, 5) is 12.0. The molecule has 0 aliphatic rings. The highest BCUT2D eigenvalue weighted by atomic mass is 32.2. The fourth-order valence-electron chi connectivity index (χ4n) is 1.64. The smallest absolute Gasteiger partial charge is 0.319 e. The van der Waals surface area contributed by atoms with E-state index in [1.165, 1.54) is 31.6 Å². The Morgan fingerprint density at radius 1 is 1.19 bits per heavy atom. The Bertz CT molecular complexity index is 664. The molecule has 0 aliphatic carbocycles. The quantitative estimate of drug-likeness (QED) is 0.751. The van der Waals surface area contributed by atoms with Crippen molar-refractivity contribution in [2.45, 2.75) is 12.2 Å². The van der Waals surface area contributed by atoms with Gasteiger partial charge in [-0.1, -0.05) is 0 Å². The third-order valence-corrected chi connectivity index (χ3v) is 4.84. The second-order valence-corrected chi connectivity index (χ2v) is 7.11. The largest absolute Gasteiger partial charge is 0.481 e. The summed E-state index contributed by atoms with van der Waals surface area (Å²) in [6.45, 7) is 0. The van der Waals surface area contributed by atoms with Crippen molar-refractivity contribution in [1.82, 2.24) is 15.0 Å². The molecule has 2 aromatic rings. The van der Waals surface area contributed by atoms with E-state index in [0.717, 1.165) is 5.69 Å². The van der Waals surface area contributed by atoms with Crippen molar-refractivity contribution in [3.63, 3.8) is 0 Å². The molecule has 21 heavy (non-hydrogen) atoms. The molecule has 7 nitrogen and oxygen atoms in total. The molecule has 0 spiro atoms. The zero-order valence-corrected chi connectivity index (χ0v) is 13.3. The van der Waals surface area contributed by atoms with E-state index in [2.05, 4.69) is 15.0 Å². The Morgan fingerprint density at radius 2 is 2.00 bits per heavy atom.